The number of carbonyl (C=O) groups is 1. The fourth-order valence-corrected chi connectivity index (χ4v) is 4.90. The number of nitrogens with one attached hydrogen (secondary N) is 1. The second kappa shape index (κ2) is 7.48. The molecular weight excluding hydrogens is 348 g/mol. The average Bonchev–Trinajstić information content (AvgIpc) is 3.28. The molecule has 7 heteroatoms. The summed E-state index contributed by atoms with van der Waals surface area (Å²) in [6.07, 6.45) is 6.20. The van der Waals surface area contributed by atoms with Crippen LogP contribution >= 0.6 is 11.3 Å². The summed E-state index contributed by atoms with van der Waals surface area (Å²) in [5, 5.41) is 4.39. The van der Waals surface area contributed by atoms with Gasteiger partial charge in [0.2, 0.25) is 0 Å². The van der Waals surface area contributed by atoms with Crippen molar-refractivity contribution < 1.29 is 9.53 Å². The quantitative estimate of drug-likeness (QED) is 0.888. The van der Waals surface area contributed by atoms with Gasteiger partial charge in [-0.1, -0.05) is 6.92 Å². The number of nitrogens with zero attached hydrogens (tertiary/aromatic N) is 3. The van der Waals surface area contributed by atoms with Crippen LogP contribution in [0.1, 0.15) is 47.8 Å². The van der Waals surface area contributed by atoms with Crippen molar-refractivity contribution in [3.63, 3.8) is 0 Å². The highest BCUT2D eigenvalue weighted by molar-refractivity contribution is 7.20. The monoisotopic (exact) mass is 374 g/mol. The first-order chi connectivity index (χ1) is 12.6. The molecule has 1 atom stereocenters. The number of aryl methyl sites for hydroxylation is 1. The Balaban J connectivity index is 1.57. The molecule has 4 rings (SSSR count). The van der Waals surface area contributed by atoms with E-state index >= 15 is 0 Å². The number of anilines is 1. The first-order valence-electron chi connectivity index (χ1n) is 9.52. The summed E-state index contributed by atoms with van der Waals surface area (Å²) in [6.45, 7) is 7.56. The Kier molecular flexibility index (Phi) is 5.09. The van der Waals surface area contributed by atoms with Gasteiger partial charge in [-0.2, -0.15) is 0 Å². The number of likely N-dealkylation sites (tertiary alicyclic amines) is 1. The van der Waals surface area contributed by atoms with Crippen molar-refractivity contribution in [2.45, 2.75) is 45.6 Å². The van der Waals surface area contributed by atoms with Crippen LogP contribution in [0, 0.1) is 12.8 Å². The van der Waals surface area contributed by atoms with Gasteiger partial charge in [-0.05, 0) is 44.1 Å². The molecule has 2 saturated heterocycles. The second-order valence-corrected chi connectivity index (χ2v) is 8.45. The molecule has 1 unspecified atom stereocenters. The number of fused-ring (bicyclic) bond motifs is 1. The Morgan fingerprint density at radius 2 is 2.15 bits per heavy atom. The van der Waals surface area contributed by atoms with Crippen molar-refractivity contribution in [2.24, 2.45) is 5.92 Å². The van der Waals surface area contributed by atoms with Gasteiger partial charge in [0.15, 0.2) is 0 Å². The number of carbonyl (C=O) groups excluding carboxylic acids is 1. The average molecular weight is 375 g/mol. The topological polar surface area (TPSA) is 67.4 Å². The second-order valence-electron chi connectivity index (χ2n) is 7.45. The van der Waals surface area contributed by atoms with E-state index in [1.54, 1.807) is 6.33 Å². The largest absolute Gasteiger partial charge is 0.376 e. The van der Waals surface area contributed by atoms with Crippen molar-refractivity contribution in [1.29, 1.82) is 0 Å². The maximum Gasteiger partial charge on any atom is 0.264 e. The van der Waals surface area contributed by atoms with Gasteiger partial charge in [0.1, 0.15) is 17.0 Å². The van der Waals surface area contributed by atoms with E-state index in [2.05, 4.69) is 22.2 Å². The molecule has 4 heterocycles. The van der Waals surface area contributed by atoms with Gasteiger partial charge in [0.05, 0.1) is 16.4 Å². The third-order valence-electron chi connectivity index (χ3n) is 5.51. The summed E-state index contributed by atoms with van der Waals surface area (Å²) >= 11 is 1.49. The lowest BCUT2D eigenvalue weighted by molar-refractivity contribution is 0.0701. The third-order valence-corrected chi connectivity index (χ3v) is 6.70. The molecule has 0 saturated carbocycles. The van der Waals surface area contributed by atoms with Gasteiger partial charge >= 0.3 is 0 Å². The molecule has 0 aliphatic carbocycles. The van der Waals surface area contributed by atoms with E-state index < -0.39 is 0 Å². The van der Waals surface area contributed by atoms with E-state index in [-0.39, 0.29) is 12.0 Å². The van der Waals surface area contributed by atoms with E-state index in [0.29, 0.717) is 5.92 Å². The normalized spacial score (nSPS) is 21.5. The number of rotatable bonds is 4. The van der Waals surface area contributed by atoms with E-state index in [1.165, 1.54) is 11.3 Å². The Bertz CT molecular complexity index is 792. The fourth-order valence-electron chi connectivity index (χ4n) is 3.78. The Morgan fingerprint density at radius 1 is 1.35 bits per heavy atom. The maximum absolute atomic E-state index is 13.0. The highest BCUT2D eigenvalue weighted by atomic mass is 32.1. The Hall–Kier alpha value is -1.73. The van der Waals surface area contributed by atoms with Crippen LogP contribution in [0.2, 0.25) is 0 Å². The molecule has 26 heavy (non-hydrogen) atoms. The zero-order valence-electron chi connectivity index (χ0n) is 15.5. The van der Waals surface area contributed by atoms with Gasteiger partial charge in [-0.25, -0.2) is 9.97 Å². The fraction of sp³-hybridized carbons (Fsp3) is 0.632. The van der Waals surface area contributed by atoms with Crippen LogP contribution in [0.25, 0.3) is 10.2 Å². The molecule has 0 radical (unpaired) electrons. The molecule has 2 fully saturated rings. The zero-order chi connectivity index (χ0) is 18.1. The standard InChI is InChI=1S/C19H26N4O2S/c1-12-5-7-23(8-6-12)19(24)16-13(2)15-17(21-11-22-18(15)26-16)20-10-14-4-3-9-25-14/h11-12,14H,3-10H2,1-2H3,(H,20,21,22). The van der Waals surface area contributed by atoms with E-state index in [9.17, 15) is 4.79 Å². The molecule has 2 aliphatic heterocycles. The summed E-state index contributed by atoms with van der Waals surface area (Å²) in [4.78, 5) is 25.5. The summed E-state index contributed by atoms with van der Waals surface area (Å²) in [5.74, 6) is 1.66. The van der Waals surface area contributed by atoms with Crippen molar-refractivity contribution in [3.8, 4) is 0 Å². The van der Waals surface area contributed by atoms with Crippen molar-refractivity contribution in [1.82, 2.24) is 14.9 Å². The van der Waals surface area contributed by atoms with Gasteiger partial charge in [0, 0.05) is 26.2 Å². The van der Waals surface area contributed by atoms with E-state index in [0.717, 1.165) is 78.4 Å². The number of thiophene rings is 1. The van der Waals surface area contributed by atoms with Crippen LogP contribution < -0.4 is 5.32 Å². The first kappa shape index (κ1) is 17.7. The number of amides is 1. The minimum Gasteiger partial charge on any atom is -0.376 e. The molecule has 0 bridgehead atoms. The highest BCUT2D eigenvalue weighted by Gasteiger charge is 2.26. The summed E-state index contributed by atoms with van der Waals surface area (Å²) in [6, 6.07) is 0. The molecule has 2 aromatic heterocycles. The predicted molar refractivity (Wildman–Crippen MR) is 104 cm³/mol. The van der Waals surface area contributed by atoms with Crippen molar-refractivity contribution >= 4 is 33.3 Å². The van der Waals surface area contributed by atoms with Gasteiger partial charge in [-0.15, -0.1) is 11.3 Å². The van der Waals surface area contributed by atoms with E-state index in [4.69, 9.17) is 4.74 Å². The minimum atomic E-state index is 0.141. The number of piperidine rings is 1. The van der Waals surface area contributed by atoms with Crippen LogP contribution in [0.4, 0.5) is 5.82 Å². The van der Waals surface area contributed by atoms with Crippen LogP contribution in [0.3, 0.4) is 0 Å². The van der Waals surface area contributed by atoms with Crippen LogP contribution in [-0.4, -0.2) is 53.1 Å². The molecule has 0 aromatic carbocycles. The lowest BCUT2D eigenvalue weighted by Gasteiger charge is -2.30. The lowest BCUT2D eigenvalue weighted by atomic mass is 9.99. The Morgan fingerprint density at radius 3 is 2.88 bits per heavy atom. The molecule has 140 valence electrons. The molecule has 1 N–H and O–H groups in total. The number of ether oxygens (including phenoxy) is 1. The predicted octanol–water partition coefficient (Wildman–Crippen LogP) is 3.46. The summed E-state index contributed by atoms with van der Waals surface area (Å²) in [7, 11) is 0. The SMILES string of the molecule is Cc1c(C(=O)N2CCC(C)CC2)sc2ncnc(NCC3CCCO3)c12. The van der Waals surface area contributed by atoms with Crippen molar-refractivity contribution in [2.75, 3.05) is 31.6 Å². The first-order valence-corrected chi connectivity index (χ1v) is 10.3. The smallest absolute Gasteiger partial charge is 0.264 e. The minimum absolute atomic E-state index is 0.141. The molecule has 6 nitrogen and oxygen atoms in total. The van der Waals surface area contributed by atoms with Gasteiger partial charge < -0.3 is 15.0 Å². The van der Waals surface area contributed by atoms with Crippen LogP contribution in [0.5, 0.6) is 0 Å². The number of aromatic nitrogens is 2. The molecule has 0 spiro atoms. The molecule has 2 aromatic rings. The summed E-state index contributed by atoms with van der Waals surface area (Å²) < 4.78 is 5.68. The molecular formula is C19H26N4O2S. The van der Waals surface area contributed by atoms with Gasteiger partial charge in [0.25, 0.3) is 5.91 Å². The summed E-state index contributed by atoms with van der Waals surface area (Å²) in [5.41, 5.74) is 0.990. The van der Waals surface area contributed by atoms with Crippen molar-refractivity contribution in [3.05, 3.63) is 16.8 Å². The molecule has 1 amide bonds. The van der Waals surface area contributed by atoms with Crippen LogP contribution in [0.15, 0.2) is 6.33 Å². The lowest BCUT2D eigenvalue weighted by Crippen LogP contribution is -2.37. The number of hydrogen-bond acceptors (Lipinski definition) is 6. The number of hydrogen-bond donors (Lipinski definition) is 1. The van der Waals surface area contributed by atoms with E-state index in [1.807, 2.05) is 11.8 Å². The van der Waals surface area contributed by atoms with Gasteiger partial charge in [-0.3, -0.25) is 4.79 Å². The highest BCUT2D eigenvalue weighted by Crippen LogP contribution is 2.34. The zero-order valence-corrected chi connectivity index (χ0v) is 16.3. The third kappa shape index (κ3) is 3.42. The molecule has 2 aliphatic rings. The van der Waals surface area contributed by atoms with Crippen LogP contribution in [-0.2, 0) is 4.74 Å². The maximum atomic E-state index is 13.0. The Labute approximate surface area is 158 Å².